The molecule has 0 saturated carbocycles. The number of nitrogens with zero attached hydrogens (tertiary/aromatic N) is 2. The van der Waals surface area contributed by atoms with Gasteiger partial charge in [-0.15, -0.1) is 0 Å². The number of benzene rings is 4. The molecule has 41 heavy (non-hydrogen) atoms. The van der Waals surface area contributed by atoms with E-state index >= 15 is 0 Å². The van der Waals surface area contributed by atoms with E-state index in [9.17, 15) is 30.9 Å². The van der Waals surface area contributed by atoms with Gasteiger partial charge in [0.15, 0.2) is 0 Å². The van der Waals surface area contributed by atoms with Crippen molar-refractivity contribution in [2.24, 2.45) is 0 Å². The molecule has 0 radical (unpaired) electrons. The smallest absolute Gasteiger partial charge is 0.397 e. The van der Waals surface area contributed by atoms with Gasteiger partial charge in [-0.3, -0.25) is 0 Å². The molecular formula is C29H17F6N2O3P. The van der Waals surface area contributed by atoms with Crippen LogP contribution in [0, 0.1) is 0 Å². The first-order valence-corrected chi connectivity index (χ1v) is 14.1. The van der Waals surface area contributed by atoms with Gasteiger partial charge in [0.2, 0.25) is 11.8 Å². The summed E-state index contributed by atoms with van der Waals surface area (Å²) in [6.45, 7) is 1.12. The van der Waals surface area contributed by atoms with Crippen LogP contribution >= 0.6 is 7.60 Å². The van der Waals surface area contributed by atoms with E-state index in [1.54, 1.807) is 48.5 Å². The molecule has 0 aliphatic rings. The van der Waals surface area contributed by atoms with Crippen molar-refractivity contribution in [2.45, 2.75) is 12.4 Å². The maximum atomic E-state index is 13.7. The molecule has 2 aromatic heterocycles. The van der Waals surface area contributed by atoms with Gasteiger partial charge in [-0.1, -0.05) is 48.5 Å². The van der Waals surface area contributed by atoms with Crippen molar-refractivity contribution >= 4 is 50.9 Å². The van der Waals surface area contributed by atoms with Crippen molar-refractivity contribution < 1.29 is 40.0 Å². The fraction of sp³-hybridized carbons (Fsp3) is 0.103. The van der Waals surface area contributed by atoms with Crippen LogP contribution < -0.4 is 9.05 Å². The highest BCUT2D eigenvalue weighted by Gasteiger charge is 2.32. The molecule has 0 spiro atoms. The Labute approximate surface area is 227 Å². The number of alkyl halides is 6. The second-order valence-electron chi connectivity index (χ2n) is 9.34. The Balaban J connectivity index is 1.46. The molecule has 0 amide bonds. The monoisotopic (exact) mass is 586 g/mol. The highest BCUT2D eigenvalue weighted by molar-refractivity contribution is 7.53. The van der Waals surface area contributed by atoms with Crippen LogP contribution in [0.3, 0.4) is 0 Å². The molecule has 0 fully saturated rings. The van der Waals surface area contributed by atoms with Crippen LogP contribution in [0.1, 0.15) is 11.1 Å². The molecule has 0 aliphatic heterocycles. The fourth-order valence-electron chi connectivity index (χ4n) is 4.68. The van der Waals surface area contributed by atoms with Gasteiger partial charge < -0.3 is 9.05 Å². The third kappa shape index (κ3) is 5.02. The summed E-state index contributed by atoms with van der Waals surface area (Å²) in [6.07, 6.45) is -9.22. The average molecular weight is 586 g/mol. The molecule has 0 atom stereocenters. The molecule has 208 valence electrons. The van der Waals surface area contributed by atoms with Crippen LogP contribution in [-0.2, 0) is 16.9 Å². The van der Waals surface area contributed by atoms with Crippen molar-refractivity contribution in [1.29, 1.82) is 0 Å². The summed E-state index contributed by atoms with van der Waals surface area (Å²) < 4.78 is 105. The van der Waals surface area contributed by atoms with Crippen molar-refractivity contribution in [3.63, 3.8) is 0 Å². The van der Waals surface area contributed by atoms with Crippen molar-refractivity contribution in [3.8, 4) is 11.8 Å². The maximum absolute atomic E-state index is 13.7. The van der Waals surface area contributed by atoms with Gasteiger partial charge in [0.05, 0.1) is 28.8 Å². The van der Waals surface area contributed by atoms with E-state index in [1.165, 1.54) is 12.1 Å². The SMILES string of the molecule is CP(=O)(Oc1nc2cc(C(F)(F)F)ccc2c2ccccc12)Oc1nc2cc(C(F)(F)F)ccc2c2ccccc12. The Morgan fingerprint density at radius 1 is 0.561 bits per heavy atom. The minimum absolute atomic E-state index is 0.0394. The largest absolute Gasteiger partial charge is 0.430 e. The molecule has 0 aliphatic carbocycles. The Bertz CT molecular complexity index is 1900. The second-order valence-corrected chi connectivity index (χ2v) is 11.2. The summed E-state index contributed by atoms with van der Waals surface area (Å²) in [5.41, 5.74) is -1.91. The lowest BCUT2D eigenvalue weighted by Crippen LogP contribution is -2.06. The summed E-state index contributed by atoms with van der Waals surface area (Å²) >= 11 is 0. The van der Waals surface area contributed by atoms with Gasteiger partial charge >= 0.3 is 19.9 Å². The van der Waals surface area contributed by atoms with Crippen molar-refractivity contribution in [3.05, 3.63) is 96.1 Å². The molecule has 5 nitrogen and oxygen atoms in total. The summed E-state index contributed by atoms with van der Waals surface area (Å²) in [4.78, 5) is 8.47. The van der Waals surface area contributed by atoms with Gasteiger partial charge in [0.25, 0.3) is 0 Å². The van der Waals surface area contributed by atoms with Gasteiger partial charge in [-0.05, 0) is 47.2 Å². The number of halogens is 6. The van der Waals surface area contributed by atoms with Gasteiger partial charge in [-0.2, -0.15) is 26.3 Å². The number of hydrogen-bond acceptors (Lipinski definition) is 5. The van der Waals surface area contributed by atoms with Crippen LogP contribution in [0.15, 0.2) is 84.9 Å². The molecule has 4 aromatic carbocycles. The Hall–Kier alpha value is -4.37. The third-order valence-corrected chi connectivity index (χ3v) is 7.50. The van der Waals surface area contributed by atoms with E-state index in [2.05, 4.69) is 9.97 Å². The minimum Gasteiger partial charge on any atom is -0.397 e. The molecule has 12 heteroatoms. The van der Waals surface area contributed by atoms with Crippen LogP contribution in [0.2, 0.25) is 0 Å². The molecule has 0 bridgehead atoms. The van der Waals surface area contributed by atoms with Gasteiger partial charge in [-0.25, -0.2) is 14.5 Å². The lowest BCUT2D eigenvalue weighted by atomic mass is 10.0. The first kappa shape index (κ1) is 26.8. The van der Waals surface area contributed by atoms with Crippen LogP contribution in [-0.4, -0.2) is 16.6 Å². The predicted molar refractivity (Wildman–Crippen MR) is 143 cm³/mol. The third-order valence-electron chi connectivity index (χ3n) is 6.49. The number of aromatic nitrogens is 2. The second kappa shape index (κ2) is 9.34. The van der Waals surface area contributed by atoms with Crippen LogP contribution in [0.4, 0.5) is 26.3 Å². The van der Waals surface area contributed by atoms with E-state index in [-0.39, 0.29) is 22.8 Å². The van der Waals surface area contributed by atoms with Gasteiger partial charge in [0, 0.05) is 21.5 Å². The maximum Gasteiger partial charge on any atom is 0.430 e. The summed E-state index contributed by atoms with van der Waals surface area (Å²) in [6, 6.07) is 19.5. The molecular weight excluding hydrogens is 569 g/mol. The van der Waals surface area contributed by atoms with E-state index in [0.717, 1.165) is 30.9 Å². The van der Waals surface area contributed by atoms with E-state index in [4.69, 9.17) is 9.05 Å². The van der Waals surface area contributed by atoms with Crippen molar-refractivity contribution in [2.75, 3.05) is 6.66 Å². The molecule has 0 N–H and O–H groups in total. The zero-order valence-corrected chi connectivity index (χ0v) is 21.8. The number of pyridine rings is 2. The predicted octanol–water partition coefficient (Wildman–Crippen LogP) is 9.41. The quantitative estimate of drug-likeness (QED) is 0.117. The van der Waals surface area contributed by atoms with Gasteiger partial charge in [0.1, 0.15) is 0 Å². The lowest BCUT2D eigenvalue weighted by molar-refractivity contribution is -0.138. The van der Waals surface area contributed by atoms with E-state index in [1.807, 2.05) is 0 Å². The summed E-state index contributed by atoms with van der Waals surface area (Å²) in [7, 11) is -4.16. The zero-order chi connectivity index (χ0) is 29.2. The normalized spacial score (nSPS) is 12.9. The minimum atomic E-state index is -4.61. The standard InChI is InChI=1S/C29H17F6N2O3P/c1-41(38,39-26-22-8-4-2-6-18(22)20-12-10-16(28(30,31)32)14-24(20)36-26)40-27-23-9-5-3-7-19(23)21-13-11-17(29(33,34)35)15-25(21)37-27/h2-15H,1H3. The van der Waals surface area contributed by atoms with Crippen LogP contribution in [0.5, 0.6) is 11.8 Å². The molecule has 6 rings (SSSR count). The highest BCUT2D eigenvalue weighted by Crippen LogP contribution is 2.48. The topological polar surface area (TPSA) is 61.3 Å². The van der Waals surface area contributed by atoms with E-state index in [0.29, 0.717) is 32.3 Å². The van der Waals surface area contributed by atoms with E-state index < -0.39 is 31.1 Å². The fourth-order valence-corrected chi connectivity index (χ4v) is 5.62. The highest BCUT2D eigenvalue weighted by atomic mass is 31.2. The first-order chi connectivity index (χ1) is 19.3. The average Bonchev–Trinajstić information content (AvgIpc) is 2.91. The van der Waals surface area contributed by atoms with Crippen LogP contribution in [0.25, 0.3) is 43.4 Å². The molecule has 0 saturated heterocycles. The number of hydrogen-bond donors (Lipinski definition) is 0. The lowest BCUT2D eigenvalue weighted by Gasteiger charge is -2.19. The first-order valence-electron chi connectivity index (χ1n) is 12.1. The number of fused-ring (bicyclic) bond motifs is 6. The Kier molecular flexibility index (Phi) is 6.11. The Morgan fingerprint density at radius 2 is 0.927 bits per heavy atom. The Morgan fingerprint density at radius 3 is 1.29 bits per heavy atom. The molecule has 0 unspecified atom stereocenters. The summed E-state index contributed by atoms with van der Waals surface area (Å²) in [5, 5.41) is 2.62. The zero-order valence-electron chi connectivity index (χ0n) is 20.9. The summed E-state index contributed by atoms with van der Waals surface area (Å²) in [5.74, 6) is -0.467. The molecule has 6 aromatic rings. The number of rotatable bonds is 4. The molecule has 2 heterocycles. The van der Waals surface area contributed by atoms with Crippen molar-refractivity contribution in [1.82, 2.24) is 9.97 Å².